The molecule has 0 spiro atoms. The molecule has 0 aromatic carbocycles. The van der Waals surface area contributed by atoms with E-state index in [-0.39, 0.29) is 0 Å². The van der Waals surface area contributed by atoms with Crippen LogP contribution in [0.2, 0.25) is 0 Å². The Kier molecular flexibility index (Phi) is 4.23. The van der Waals surface area contributed by atoms with Gasteiger partial charge in [0.2, 0.25) is 0 Å². The van der Waals surface area contributed by atoms with Gasteiger partial charge in [0.1, 0.15) is 12.1 Å². The van der Waals surface area contributed by atoms with Crippen molar-refractivity contribution < 1.29 is 0 Å². The first kappa shape index (κ1) is 13.2. The summed E-state index contributed by atoms with van der Waals surface area (Å²) in [5, 5.41) is 0. The Labute approximate surface area is 113 Å². The minimum atomic E-state index is 0.440. The smallest absolute Gasteiger partial charge is 0.128 e. The van der Waals surface area contributed by atoms with Crippen molar-refractivity contribution in [3.05, 3.63) is 48.2 Å². The van der Waals surface area contributed by atoms with E-state index in [1.54, 1.807) is 12.5 Å². The van der Waals surface area contributed by atoms with Crippen LogP contribution in [0.4, 0.5) is 5.82 Å². The van der Waals surface area contributed by atoms with E-state index in [0.29, 0.717) is 6.04 Å². The molecule has 0 fully saturated rings. The predicted octanol–water partition coefficient (Wildman–Crippen LogP) is 2.89. The second-order valence-electron chi connectivity index (χ2n) is 4.62. The van der Waals surface area contributed by atoms with Crippen LogP contribution in [0.3, 0.4) is 0 Å². The molecule has 0 amide bonds. The van der Waals surface area contributed by atoms with Crippen molar-refractivity contribution >= 4 is 18.0 Å². The Balaban J connectivity index is 2.09. The van der Waals surface area contributed by atoms with Crippen LogP contribution in [0, 0.1) is 0 Å². The lowest BCUT2D eigenvalue weighted by Gasteiger charge is -2.22. The fraction of sp³-hybridized carbons (Fsp3) is 0.267. The van der Waals surface area contributed by atoms with Crippen LogP contribution in [-0.4, -0.2) is 28.0 Å². The van der Waals surface area contributed by atoms with E-state index in [0.717, 1.165) is 17.1 Å². The molecule has 0 atom stereocenters. The molecule has 4 nitrogen and oxygen atoms in total. The summed E-state index contributed by atoms with van der Waals surface area (Å²) in [4.78, 5) is 14.6. The third kappa shape index (κ3) is 3.61. The minimum Gasteiger partial charge on any atom is -0.357 e. The predicted molar refractivity (Wildman–Crippen MR) is 78.7 cm³/mol. The number of pyridine rings is 1. The second-order valence-corrected chi connectivity index (χ2v) is 4.62. The van der Waals surface area contributed by atoms with Crippen LogP contribution < -0.4 is 4.90 Å². The molecule has 2 heterocycles. The highest BCUT2D eigenvalue weighted by molar-refractivity contribution is 5.67. The van der Waals surface area contributed by atoms with Crippen LogP contribution in [-0.2, 0) is 0 Å². The Bertz CT molecular complexity index is 532. The summed E-state index contributed by atoms with van der Waals surface area (Å²) in [5.41, 5.74) is 1.94. The summed E-state index contributed by atoms with van der Waals surface area (Å²) in [5.74, 6) is 0.981. The highest BCUT2D eigenvalue weighted by atomic mass is 15.2. The molecular formula is C15H18N4. The van der Waals surface area contributed by atoms with Gasteiger partial charge in [-0.25, -0.2) is 15.0 Å². The SMILES string of the molecule is CC(C)N(C)c1ccc(C=Cc2ccncn2)cn1. The average Bonchev–Trinajstić information content (AvgIpc) is 2.46. The van der Waals surface area contributed by atoms with Crippen molar-refractivity contribution in [1.29, 1.82) is 0 Å². The molecule has 4 heteroatoms. The Morgan fingerprint density at radius 3 is 2.53 bits per heavy atom. The highest BCUT2D eigenvalue weighted by Crippen LogP contribution is 2.13. The highest BCUT2D eigenvalue weighted by Gasteiger charge is 2.04. The zero-order chi connectivity index (χ0) is 13.7. The van der Waals surface area contributed by atoms with E-state index in [4.69, 9.17) is 0 Å². The first-order chi connectivity index (χ1) is 9.16. The van der Waals surface area contributed by atoms with E-state index in [9.17, 15) is 0 Å². The molecule has 98 valence electrons. The zero-order valence-corrected chi connectivity index (χ0v) is 11.5. The summed E-state index contributed by atoms with van der Waals surface area (Å²) < 4.78 is 0. The lowest BCUT2D eigenvalue weighted by molar-refractivity contribution is 0.743. The minimum absolute atomic E-state index is 0.440. The first-order valence-corrected chi connectivity index (χ1v) is 6.30. The topological polar surface area (TPSA) is 41.9 Å². The summed E-state index contributed by atoms with van der Waals surface area (Å²) >= 11 is 0. The van der Waals surface area contributed by atoms with Gasteiger partial charge >= 0.3 is 0 Å². The van der Waals surface area contributed by atoms with Crippen molar-refractivity contribution in [3.63, 3.8) is 0 Å². The standard InChI is InChI=1S/C15H18N4/c1-12(2)19(3)15-7-5-13(10-17-15)4-6-14-8-9-16-11-18-14/h4-12H,1-3H3. The van der Waals surface area contributed by atoms with Crippen molar-refractivity contribution in [2.24, 2.45) is 0 Å². The van der Waals surface area contributed by atoms with Gasteiger partial charge in [-0.1, -0.05) is 6.08 Å². The molecule has 0 unspecified atom stereocenters. The molecule has 2 rings (SSSR count). The van der Waals surface area contributed by atoms with Crippen LogP contribution in [0.1, 0.15) is 25.1 Å². The Morgan fingerprint density at radius 1 is 1.11 bits per heavy atom. The van der Waals surface area contributed by atoms with Gasteiger partial charge in [0.15, 0.2) is 0 Å². The average molecular weight is 254 g/mol. The molecule has 2 aromatic rings. The Hall–Kier alpha value is -2.23. The van der Waals surface area contributed by atoms with Crippen molar-refractivity contribution in [2.75, 3.05) is 11.9 Å². The first-order valence-electron chi connectivity index (χ1n) is 6.30. The summed E-state index contributed by atoms with van der Waals surface area (Å²) in [6.45, 7) is 4.29. The molecule has 0 N–H and O–H groups in total. The molecule has 0 radical (unpaired) electrons. The van der Waals surface area contributed by atoms with Crippen LogP contribution in [0.25, 0.3) is 12.2 Å². The third-order valence-electron chi connectivity index (χ3n) is 2.96. The lowest BCUT2D eigenvalue weighted by Crippen LogP contribution is -2.26. The molecule has 0 bridgehead atoms. The molecular weight excluding hydrogens is 236 g/mol. The molecule has 0 aliphatic heterocycles. The van der Waals surface area contributed by atoms with Gasteiger partial charge in [-0.15, -0.1) is 0 Å². The number of aromatic nitrogens is 3. The normalized spacial score (nSPS) is 11.2. The maximum atomic E-state index is 4.45. The number of rotatable bonds is 4. The van der Waals surface area contributed by atoms with Crippen molar-refractivity contribution in [2.45, 2.75) is 19.9 Å². The van der Waals surface area contributed by atoms with Crippen LogP contribution in [0.15, 0.2) is 36.9 Å². The Morgan fingerprint density at radius 2 is 1.95 bits per heavy atom. The number of anilines is 1. The molecule has 0 aliphatic carbocycles. The van der Waals surface area contributed by atoms with Gasteiger partial charge in [0.05, 0.1) is 5.69 Å². The molecule has 19 heavy (non-hydrogen) atoms. The zero-order valence-electron chi connectivity index (χ0n) is 11.5. The maximum Gasteiger partial charge on any atom is 0.128 e. The van der Waals surface area contributed by atoms with E-state index >= 15 is 0 Å². The van der Waals surface area contributed by atoms with Gasteiger partial charge in [-0.2, -0.15) is 0 Å². The van der Waals surface area contributed by atoms with Crippen LogP contribution in [0.5, 0.6) is 0 Å². The largest absolute Gasteiger partial charge is 0.357 e. The number of hydrogen-bond acceptors (Lipinski definition) is 4. The van der Waals surface area contributed by atoms with E-state index in [1.165, 1.54) is 0 Å². The van der Waals surface area contributed by atoms with Gasteiger partial charge in [0.25, 0.3) is 0 Å². The number of nitrogens with zero attached hydrogens (tertiary/aromatic N) is 4. The summed E-state index contributed by atoms with van der Waals surface area (Å²) in [7, 11) is 2.05. The van der Waals surface area contributed by atoms with Gasteiger partial charge in [-0.05, 0) is 43.7 Å². The number of hydrogen-bond donors (Lipinski definition) is 0. The van der Waals surface area contributed by atoms with E-state index in [1.807, 2.05) is 37.5 Å². The van der Waals surface area contributed by atoms with Crippen molar-refractivity contribution in [3.8, 4) is 0 Å². The monoisotopic (exact) mass is 254 g/mol. The molecule has 0 saturated heterocycles. The van der Waals surface area contributed by atoms with Crippen molar-refractivity contribution in [1.82, 2.24) is 15.0 Å². The van der Waals surface area contributed by atoms with E-state index < -0.39 is 0 Å². The summed E-state index contributed by atoms with van der Waals surface area (Å²) in [6.07, 6.45) is 9.08. The van der Waals surface area contributed by atoms with E-state index in [2.05, 4.69) is 39.8 Å². The summed E-state index contributed by atoms with van der Waals surface area (Å²) in [6, 6.07) is 6.39. The fourth-order valence-electron chi connectivity index (χ4n) is 1.55. The molecule has 0 aliphatic rings. The maximum absolute atomic E-state index is 4.45. The van der Waals surface area contributed by atoms with Gasteiger partial charge in [0, 0.05) is 25.5 Å². The van der Waals surface area contributed by atoms with Crippen LogP contribution >= 0.6 is 0 Å². The lowest BCUT2D eigenvalue weighted by atomic mass is 10.2. The molecule has 2 aromatic heterocycles. The fourth-order valence-corrected chi connectivity index (χ4v) is 1.55. The molecule has 0 saturated carbocycles. The third-order valence-corrected chi connectivity index (χ3v) is 2.96. The van der Waals surface area contributed by atoms with Gasteiger partial charge in [-0.3, -0.25) is 0 Å². The quantitative estimate of drug-likeness (QED) is 0.841. The van der Waals surface area contributed by atoms with Gasteiger partial charge < -0.3 is 4.90 Å². The second kappa shape index (κ2) is 6.09.